The Morgan fingerprint density at radius 2 is 1.87 bits per heavy atom. The van der Waals surface area contributed by atoms with E-state index in [-0.39, 0.29) is 18.8 Å². The lowest BCUT2D eigenvalue weighted by atomic mass is 10.1. The highest BCUT2D eigenvalue weighted by Gasteiger charge is 2.27. The van der Waals surface area contributed by atoms with Crippen LogP contribution in [0.25, 0.3) is 0 Å². The van der Waals surface area contributed by atoms with E-state index in [1.165, 1.54) is 0 Å². The van der Waals surface area contributed by atoms with Crippen molar-refractivity contribution < 1.29 is 17.9 Å². The molecule has 0 aromatic rings. The summed E-state index contributed by atoms with van der Waals surface area (Å²) in [5.74, 6) is 0. The number of hydrogen-bond acceptors (Lipinski definition) is 2. The highest BCUT2D eigenvalue weighted by Crippen LogP contribution is 2.19. The third-order valence-corrected chi connectivity index (χ3v) is 2.24. The molecule has 2 nitrogen and oxygen atoms in total. The number of nitrogens with one attached hydrogen (secondary N) is 1. The first kappa shape index (κ1) is 14.7. The zero-order valence-electron chi connectivity index (χ0n) is 9.53. The van der Waals surface area contributed by atoms with E-state index in [0.29, 0.717) is 0 Å². The van der Waals surface area contributed by atoms with Gasteiger partial charge in [0, 0.05) is 6.04 Å². The minimum Gasteiger partial charge on any atom is -0.377 e. The molecule has 2 unspecified atom stereocenters. The Kier molecular flexibility index (Phi) is 6.92. The summed E-state index contributed by atoms with van der Waals surface area (Å²) >= 11 is 0. The summed E-state index contributed by atoms with van der Waals surface area (Å²) in [5.41, 5.74) is 0. The SMILES string of the molecule is CCNC(CC)C(C)OCCC(F)(F)F. The first-order chi connectivity index (χ1) is 6.90. The van der Waals surface area contributed by atoms with Gasteiger partial charge in [-0.2, -0.15) is 13.2 Å². The van der Waals surface area contributed by atoms with Crippen LogP contribution in [0.3, 0.4) is 0 Å². The predicted molar refractivity (Wildman–Crippen MR) is 53.8 cm³/mol. The Hall–Kier alpha value is -0.290. The molecule has 0 saturated carbocycles. The second-order valence-corrected chi connectivity index (χ2v) is 3.51. The number of ether oxygens (including phenoxy) is 1. The number of hydrogen-bond donors (Lipinski definition) is 1. The molecule has 0 radical (unpaired) electrons. The lowest BCUT2D eigenvalue weighted by molar-refractivity contribution is -0.149. The van der Waals surface area contributed by atoms with Gasteiger partial charge in [0.2, 0.25) is 0 Å². The summed E-state index contributed by atoms with van der Waals surface area (Å²) < 4.78 is 40.7. The van der Waals surface area contributed by atoms with E-state index in [1.54, 1.807) is 6.92 Å². The third-order valence-electron chi connectivity index (χ3n) is 2.24. The topological polar surface area (TPSA) is 21.3 Å². The van der Waals surface area contributed by atoms with Crippen molar-refractivity contribution in [2.75, 3.05) is 13.2 Å². The van der Waals surface area contributed by atoms with Crippen molar-refractivity contribution in [3.05, 3.63) is 0 Å². The fourth-order valence-electron chi connectivity index (χ4n) is 1.38. The molecule has 0 amide bonds. The van der Waals surface area contributed by atoms with Crippen LogP contribution in [-0.2, 0) is 4.74 Å². The third kappa shape index (κ3) is 7.62. The Bertz CT molecular complexity index is 161. The van der Waals surface area contributed by atoms with Crippen molar-refractivity contribution in [2.24, 2.45) is 0 Å². The normalized spacial score (nSPS) is 16.4. The quantitative estimate of drug-likeness (QED) is 0.722. The molecule has 1 N–H and O–H groups in total. The molecule has 0 aliphatic rings. The Balaban J connectivity index is 3.75. The maximum atomic E-state index is 11.8. The van der Waals surface area contributed by atoms with E-state index in [2.05, 4.69) is 5.32 Å². The smallest absolute Gasteiger partial charge is 0.377 e. The van der Waals surface area contributed by atoms with Crippen molar-refractivity contribution >= 4 is 0 Å². The minimum absolute atomic E-state index is 0.128. The molecule has 2 atom stereocenters. The zero-order chi connectivity index (χ0) is 11.9. The van der Waals surface area contributed by atoms with Gasteiger partial charge in [-0.1, -0.05) is 13.8 Å². The summed E-state index contributed by atoms with van der Waals surface area (Å²) in [4.78, 5) is 0. The second kappa shape index (κ2) is 7.06. The van der Waals surface area contributed by atoms with Crippen LogP contribution in [0.4, 0.5) is 13.2 Å². The summed E-state index contributed by atoms with van der Waals surface area (Å²) in [6.07, 6.45) is -4.34. The molecule has 0 heterocycles. The molecule has 0 aromatic heterocycles. The molecule has 0 aliphatic heterocycles. The fraction of sp³-hybridized carbons (Fsp3) is 1.00. The highest BCUT2D eigenvalue weighted by molar-refractivity contribution is 4.71. The minimum atomic E-state index is -4.13. The lowest BCUT2D eigenvalue weighted by Gasteiger charge is -2.24. The van der Waals surface area contributed by atoms with Crippen molar-refractivity contribution in [3.63, 3.8) is 0 Å². The van der Waals surface area contributed by atoms with E-state index in [1.807, 2.05) is 13.8 Å². The van der Waals surface area contributed by atoms with Gasteiger partial charge in [-0.25, -0.2) is 0 Å². The van der Waals surface area contributed by atoms with E-state index >= 15 is 0 Å². The van der Waals surface area contributed by atoms with Crippen LogP contribution in [-0.4, -0.2) is 31.5 Å². The first-order valence-electron chi connectivity index (χ1n) is 5.32. The van der Waals surface area contributed by atoms with Gasteiger partial charge in [0.15, 0.2) is 0 Å². The van der Waals surface area contributed by atoms with Crippen LogP contribution in [0, 0.1) is 0 Å². The summed E-state index contributed by atoms with van der Waals surface area (Å²) in [6, 6.07) is 0.128. The highest BCUT2D eigenvalue weighted by atomic mass is 19.4. The average Bonchev–Trinajstić information content (AvgIpc) is 2.11. The van der Waals surface area contributed by atoms with Gasteiger partial charge < -0.3 is 10.1 Å². The number of alkyl halides is 3. The molecule has 0 aromatic carbocycles. The van der Waals surface area contributed by atoms with Crippen LogP contribution < -0.4 is 5.32 Å². The van der Waals surface area contributed by atoms with E-state index in [4.69, 9.17) is 4.74 Å². The number of likely N-dealkylation sites (N-methyl/N-ethyl adjacent to an activating group) is 1. The molecule has 0 rings (SSSR count). The second-order valence-electron chi connectivity index (χ2n) is 3.51. The standard InChI is InChI=1S/C10H20F3NO/c1-4-9(14-5-2)8(3)15-7-6-10(11,12)13/h8-9,14H,4-7H2,1-3H3. The number of halogens is 3. The van der Waals surface area contributed by atoms with Crippen LogP contribution in [0.15, 0.2) is 0 Å². The van der Waals surface area contributed by atoms with E-state index in [0.717, 1.165) is 13.0 Å². The molecule has 92 valence electrons. The molecule has 0 bridgehead atoms. The zero-order valence-corrected chi connectivity index (χ0v) is 9.53. The maximum absolute atomic E-state index is 11.8. The molecule has 0 fully saturated rings. The molecular formula is C10H20F3NO. The average molecular weight is 227 g/mol. The summed E-state index contributed by atoms with van der Waals surface area (Å²) in [7, 11) is 0. The Labute approximate surface area is 89.2 Å². The van der Waals surface area contributed by atoms with Gasteiger partial charge in [0.25, 0.3) is 0 Å². The van der Waals surface area contributed by atoms with E-state index in [9.17, 15) is 13.2 Å². The lowest BCUT2D eigenvalue weighted by Crippen LogP contribution is -2.39. The molecular weight excluding hydrogens is 207 g/mol. The van der Waals surface area contributed by atoms with Crippen molar-refractivity contribution in [1.82, 2.24) is 5.32 Å². The van der Waals surface area contributed by atoms with Crippen molar-refractivity contribution in [1.29, 1.82) is 0 Å². The van der Waals surface area contributed by atoms with Gasteiger partial charge in [-0.15, -0.1) is 0 Å². The molecule has 5 heteroatoms. The van der Waals surface area contributed by atoms with Crippen LogP contribution >= 0.6 is 0 Å². The monoisotopic (exact) mass is 227 g/mol. The summed E-state index contributed by atoms with van der Waals surface area (Å²) in [6.45, 7) is 6.28. The fourth-order valence-corrected chi connectivity index (χ4v) is 1.38. The van der Waals surface area contributed by atoms with Crippen LogP contribution in [0.5, 0.6) is 0 Å². The number of rotatable bonds is 7. The molecule has 0 spiro atoms. The van der Waals surface area contributed by atoms with Gasteiger partial charge in [0.05, 0.1) is 19.1 Å². The van der Waals surface area contributed by atoms with Crippen molar-refractivity contribution in [3.8, 4) is 0 Å². The maximum Gasteiger partial charge on any atom is 0.391 e. The van der Waals surface area contributed by atoms with Gasteiger partial charge in [0.1, 0.15) is 0 Å². The van der Waals surface area contributed by atoms with Crippen molar-refractivity contribution in [2.45, 2.75) is 51.9 Å². The van der Waals surface area contributed by atoms with E-state index < -0.39 is 12.6 Å². The van der Waals surface area contributed by atoms with Gasteiger partial charge in [-0.05, 0) is 19.9 Å². The first-order valence-corrected chi connectivity index (χ1v) is 5.32. The van der Waals surface area contributed by atoms with Crippen LogP contribution in [0.2, 0.25) is 0 Å². The Morgan fingerprint density at radius 3 is 2.27 bits per heavy atom. The molecule has 0 saturated heterocycles. The summed E-state index contributed by atoms with van der Waals surface area (Å²) in [5, 5.41) is 3.17. The largest absolute Gasteiger partial charge is 0.391 e. The van der Waals surface area contributed by atoms with Gasteiger partial charge in [-0.3, -0.25) is 0 Å². The predicted octanol–water partition coefficient (Wildman–Crippen LogP) is 2.73. The molecule has 15 heavy (non-hydrogen) atoms. The molecule has 0 aliphatic carbocycles. The van der Waals surface area contributed by atoms with Crippen LogP contribution in [0.1, 0.15) is 33.6 Å². The Morgan fingerprint density at radius 1 is 1.27 bits per heavy atom. The van der Waals surface area contributed by atoms with Gasteiger partial charge >= 0.3 is 6.18 Å².